The highest BCUT2D eigenvalue weighted by molar-refractivity contribution is 6.10. The second-order valence-electron chi connectivity index (χ2n) is 7.08. The van der Waals surface area contributed by atoms with E-state index >= 15 is 0 Å². The third-order valence-corrected chi connectivity index (χ3v) is 5.06. The van der Waals surface area contributed by atoms with Crippen LogP contribution in [0.25, 0.3) is 5.65 Å². The smallest absolute Gasteiger partial charge is 0.261 e. The second-order valence-corrected chi connectivity index (χ2v) is 7.08. The van der Waals surface area contributed by atoms with Gasteiger partial charge in [-0.3, -0.25) is 4.79 Å². The number of aromatic nitrogens is 3. The Morgan fingerprint density at radius 1 is 1.16 bits per heavy atom. The van der Waals surface area contributed by atoms with E-state index in [1.807, 2.05) is 26.0 Å². The molecule has 3 aromatic rings. The van der Waals surface area contributed by atoms with Crippen LogP contribution < -0.4 is 19.7 Å². The molecule has 2 aromatic heterocycles. The fraction of sp³-hybridized carbons (Fsp3) is 0.409. The van der Waals surface area contributed by atoms with Crippen molar-refractivity contribution < 1.29 is 19.0 Å². The molecule has 164 valence electrons. The van der Waals surface area contributed by atoms with Crippen LogP contribution in [0.1, 0.15) is 29.9 Å². The molecule has 1 fully saturated rings. The number of morpholine rings is 1. The first-order valence-corrected chi connectivity index (χ1v) is 10.5. The highest BCUT2D eigenvalue weighted by Crippen LogP contribution is 2.39. The van der Waals surface area contributed by atoms with Gasteiger partial charge in [0.15, 0.2) is 5.65 Å². The highest BCUT2D eigenvalue weighted by atomic mass is 16.5. The first-order chi connectivity index (χ1) is 15.1. The van der Waals surface area contributed by atoms with Crippen LogP contribution in [0.15, 0.2) is 30.6 Å². The lowest BCUT2D eigenvalue weighted by Crippen LogP contribution is -2.36. The summed E-state index contributed by atoms with van der Waals surface area (Å²) in [6.45, 7) is 9.48. The fourth-order valence-corrected chi connectivity index (χ4v) is 3.69. The van der Waals surface area contributed by atoms with Crippen LogP contribution in [0.4, 0.5) is 11.4 Å². The van der Waals surface area contributed by atoms with Gasteiger partial charge in [0.1, 0.15) is 17.1 Å². The topological polar surface area (TPSA) is 90.2 Å². The second kappa shape index (κ2) is 9.22. The predicted molar refractivity (Wildman–Crippen MR) is 117 cm³/mol. The molecule has 1 aliphatic heterocycles. The predicted octanol–water partition coefficient (Wildman–Crippen LogP) is 2.92. The first-order valence-electron chi connectivity index (χ1n) is 10.5. The Morgan fingerprint density at radius 3 is 2.65 bits per heavy atom. The summed E-state index contributed by atoms with van der Waals surface area (Å²) in [5.41, 5.74) is 3.01. The van der Waals surface area contributed by atoms with Crippen molar-refractivity contribution >= 4 is 22.9 Å². The van der Waals surface area contributed by atoms with Gasteiger partial charge in [-0.15, -0.1) is 0 Å². The summed E-state index contributed by atoms with van der Waals surface area (Å²) in [6.07, 6.45) is 3.41. The summed E-state index contributed by atoms with van der Waals surface area (Å²) in [4.78, 5) is 19.7. The zero-order valence-corrected chi connectivity index (χ0v) is 18.1. The van der Waals surface area contributed by atoms with E-state index in [0.29, 0.717) is 60.5 Å². The first kappa shape index (κ1) is 20.9. The van der Waals surface area contributed by atoms with Crippen molar-refractivity contribution in [3.05, 3.63) is 41.9 Å². The summed E-state index contributed by atoms with van der Waals surface area (Å²) in [5.74, 6) is 0.981. The number of nitrogens with one attached hydrogen (secondary N) is 1. The number of rotatable bonds is 7. The van der Waals surface area contributed by atoms with Crippen LogP contribution in [0, 0.1) is 6.92 Å². The van der Waals surface area contributed by atoms with Crippen LogP contribution in [0.5, 0.6) is 11.5 Å². The quantitative estimate of drug-likeness (QED) is 0.622. The van der Waals surface area contributed by atoms with Gasteiger partial charge < -0.3 is 24.4 Å². The Labute approximate surface area is 180 Å². The highest BCUT2D eigenvalue weighted by Gasteiger charge is 2.23. The number of hydrogen-bond donors (Lipinski definition) is 1. The van der Waals surface area contributed by atoms with Gasteiger partial charge in [-0.1, -0.05) is 0 Å². The average molecular weight is 425 g/mol. The van der Waals surface area contributed by atoms with Gasteiger partial charge in [0.25, 0.3) is 5.91 Å². The molecule has 1 saturated heterocycles. The van der Waals surface area contributed by atoms with E-state index in [0.717, 1.165) is 18.8 Å². The summed E-state index contributed by atoms with van der Waals surface area (Å²) in [6, 6.07) is 5.52. The molecule has 9 nitrogen and oxygen atoms in total. The standard InChI is InChI=1S/C22H27N5O4/c1-4-30-18-14-17(26-9-11-29-12-10-26)19(31-5-2)13-16(18)24-22(28)20-15(3)25-27-8-6-7-23-21(20)27/h6-8,13-14H,4-5,9-12H2,1-3H3,(H,24,28). The third-order valence-electron chi connectivity index (χ3n) is 5.06. The number of carbonyl (C=O) groups excluding carboxylic acids is 1. The number of hydrogen-bond acceptors (Lipinski definition) is 7. The van der Waals surface area contributed by atoms with Crippen molar-refractivity contribution in [1.29, 1.82) is 0 Å². The van der Waals surface area contributed by atoms with Crippen LogP contribution in [0.3, 0.4) is 0 Å². The normalized spacial score (nSPS) is 14.0. The summed E-state index contributed by atoms with van der Waals surface area (Å²) in [7, 11) is 0. The molecule has 4 rings (SSSR count). The number of anilines is 2. The number of nitrogens with zero attached hydrogens (tertiary/aromatic N) is 4. The minimum Gasteiger partial charge on any atom is -0.492 e. The largest absolute Gasteiger partial charge is 0.492 e. The van der Waals surface area contributed by atoms with Gasteiger partial charge in [-0.25, -0.2) is 9.50 Å². The molecule has 0 bridgehead atoms. The molecule has 1 N–H and O–H groups in total. The van der Waals surface area contributed by atoms with E-state index in [-0.39, 0.29) is 5.91 Å². The molecule has 9 heteroatoms. The van der Waals surface area contributed by atoms with Gasteiger partial charge >= 0.3 is 0 Å². The Hall–Kier alpha value is -3.33. The molecule has 1 aromatic carbocycles. The Bertz CT molecular complexity index is 1080. The van der Waals surface area contributed by atoms with Crippen molar-refractivity contribution in [1.82, 2.24) is 14.6 Å². The molecule has 0 unspecified atom stereocenters. The maximum Gasteiger partial charge on any atom is 0.261 e. The Balaban J connectivity index is 1.71. The van der Waals surface area contributed by atoms with Crippen molar-refractivity contribution in [2.24, 2.45) is 0 Å². The van der Waals surface area contributed by atoms with E-state index in [1.54, 1.807) is 29.9 Å². The monoisotopic (exact) mass is 425 g/mol. The maximum absolute atomic E-state index is 13.2. The van der Waals surface area contributed by atoms with E-state index in [2.05, 4.69) is 20.3 Å². The summed E-state index contributed by atoms with van der Waals surface area (Å²) >= 11 is 0. The van der Waals surface area contributed by atoms with E-state index in [4.69, 9.17) is 14.2 Å². The minimum absolute atomic E-state index is 0.297. The van der Waals surface area contributed by atoms with Gasteiger partial charge in [-0.05, 0) is 26.8 Å². The number of ether oxygens (including phenoxy) is 3. The summed E-state index contributed by atoms with van der Waals surface area (Å²) < 4.78 is 18.9. The molecular weight excluding hydrogens is 398 g/mol. The van der Waals surface area contributed by atoms with Crippen LogP contribution in [0.2, 0.25) is 0 Å². The van der Waals surface area contributed by atoms with Gasteiger partial charge in [0, 0.05) is 37.6 Å². The number of carbonyl (C=O) groups is 1. The number of aryl methyl sites for hydroxylation is 1. The molecule has 1 aliphatic rings. The number of fused-ring (bicyclic) bond motifs is 1. The fourth-order valence-electron chi connectivity index (χ4n) is 3.69. The molecule has 31 heavy (non-hydrogen) atoms. The molecule has 0 aliphatic carbocycles. The van der Waals surface area contributed by atoms with Crippen molar-refractivity contribution in [2.75, 3.05) is 49.7 Å². The van der Waals surface area contributed by atoms with Crippen molar-refractivity contribution in [3.8, 4) is 11.5 Å². The van der Waals surface area contributed by atoms with Crippen LogP contribution >= 0.6 is 0 Å². The number of amides is 1. The molecule has 1 amide bonds. The van der Waals surface area contributed by atoms with Crippen molar-refractivity contribution in [2.45, 2.75) is 20.8 Å². The van der Waals surface area contributed by atoms with Gasteiger partial charge in [-0.2, -0.15) is 5.10 Å². The molecule has 0 radical (unpaired) electrons. The lowest BCUT2D eigenvalue weighted by atomic mass is 10.1. The molecule has 0 atom stereocenters. The zero-order valence-electron chi connectivity index (χ0n) is 18.1. The molecular formula is C22H27N5O4. The van der Waals surface area contributed by atoms with Gasteiger partial charge in [0.05, 0.1) is 43.5 Å². The lowest BCUT2D eigenvalue weighted by Gasteiger charge is -2.31. The zero-order chi connectivity index (χ0) is 21.8. The molecule has 0 saturated carbocycles. The van der Waals surface area contributed by atoms with Crippen LogP contribution in [-0.4, -0.2) is 60.0 Å². The number of benzene rings is 1. The molecule has 3 heterocycles. The van der Waals surface area contributed by atoms with Crippen LogP contribution in [-0.2, 0) is 4.74 Å². The SMILES string of the molecule is CCOc1cc(N2CCOCC2)c(OCC)cc1NC(=O)c1c(C)nn2cccnc12. The minimum atomic E-state index is -0.297. The van der Waals surface area contributed by atoms with Gasteiger partial charge in [0.2, 0.25) is 0 Å². The lowest BCUT2D eigenvalue weighted by molar-refractivity contribution is 0.102. The third kappa shape index (κ3) is 4.27. The Kier molecular flexibility index (Phi) is 6.22. The van der Waals surface area contributed by atoms with E-state index in [9.17, 15) is 4.79 Å². The van der Waals surface area contributed by atoms with Crippen molar-refractivity contribution in [3.63, 3.8) is 0 Å². The van der Waals surface area contributed by atoms with E-state index in [1.165, 1.54) is 0 Å². The average Bonchev–Trinajstić information content (AvgIpc) is 3.12. The Morgan fingerprint density at radius 2 is 1.90 bits per heavy atom. The maximum atomic E-state index is 13.2. The molecule has 0 spiro atoms. The summed E-state index contributed by atoms with van der Waals surface area (Å²) in [5, 5.41) is 7.35. The van der Waals surface area contributed by atoms with E-state index < -0.39 is 0 Å².